The van der Waals surface area contributed by atoms with Crippen molar-refractivity contribution in [3.05, 3.63) is 23.3 Å². The first-order valence-corrected chi connectivity index (χ1v) is 9.67. The molecule has 3 rings (SSSR count). The van der Waals surface area contributed by atoms with E-state index in [0.29, 0.717) is 0 Å². The highest BCUT2D eigenvalue weighted by Gasteiger charge is 2.25. The van der Waals surface area contributed by atoms with Crippen LogP contribution in [-0.2, 0) is 17.7 Å². The maximum absolute atomic E-state index is 5.75. The molecule has 0 atom stereocenters. The van der Waals surface area contributed by atoms with Crippen LogP contribution in [0, 0.1) is 0 Å². The molecule has 0 fully saturated rings. The minimum Gasteiger partial charge on any atom is -0.371 e. The van der Waals surface area contributed by atoms with Gasteiger partial charge in [0.2, 0.25) is 0 Å². The van der Waals surface area contributed by atoms with Gasteiger partial charge in [0.15, 0.2) is 0 Å². The van der Waals surface area contributed by atoms with E-state index in [0.717, 1.165) is 13.0 Å². The number of unbranched alkanes of at least 4 members (excludes halogenated alkanes) is 5. The van der Waals surface area contributed by atoms with Gasteiger partial charge in [-0.1, -0.05) is 45.1 Å². The van der Waals surface area contributed by atoms with Gasteiger partial charge in [0.1, 0.15) is 0 Å². The van der Waals surface area contributed by atoms with E-state index in [2.05, 4.69) is 29.4 Å². The first kappa shape index (κ1) is 16.6. The van der Waals surface area contributed by atoms with Crippen LogP contribution >= 0.6 is 0 Å². The van der Waals surface area contributed by atoms with Gasteiger partial charge in [0.05, 0.1) is 12.3 Å². The molecule has 3 heteroatoms. The van der Waals surface area contributed by atoms with Crippen molar-refractivity contribution in [2.24, 2.45) is 0 Å². The monoisotopic (exact) mass is 316 g/mol. The van der Waals surface area contributed by atoms with Gasteiger partial charge in [-0.25, -0.2) is 0 Å². The van der Waals surface area contributed by atoms with Crippen molar-refractivity contribution in [2.45, 2.75) is 71.1 Å². The molecular formula is C20H32N2O. The van der Waals surface area contributed by atoms with Crippen molar-refractivity contribution < 1.29 is 4.84 Å². The fourth-order valence-electron chi connectivity index (χ4n) is 3.96. The molecule has 0 amide bonds. The number of hydrogen-bond acceptors (Lipinski definition) is 3. The molecule has 1 aromatic rings. The fraction of sp³-hybridized carbons (Fsp3) is 0.700. The summed E-state index contributed by atoms with van der Waals surface area (Å²) in [5.41, 5.74) is 8.97. The van der Waals surface area contributed by atoms with Crippen LogP contribution in [0.3, 0.4) is 0 Å². The minimum atomic E-state index is 0.812. The zero-order valence-electron chi connectivity index (χ0n) is 14.7. The lowest BCUT2D eigenvalue weighted by Gasteiger charge is -2.37. The molecule has 0 aliphatic carbocycles. The molecule has 128 valence electrons. The molecule has 0 saturated carbocycles. The number of nitrogens with one attached hydrogen (secondary N) is 1. The second-order valence-electron chi connectivity index (χ2n) is 7.01. The van der Waals surface area contributed by atoms with Crippen LogP contribution in [0.5, 0.6) is 0 Å². The molecule has 0 aromatic heterocycles. The zero-order valence-corrected chi connectivity index (χ0v) is 14.7. The summed E-state index contributed by atoms with van der Waals surface area (Å²) >= 11 is 0. The number of aryl methyl sites for hydroxylation is 1. The van der Waals surface area contributed by atoms with Crippen molar-refractivity contribution in [1.82, 2.24) is 0 Å². The maximum atomic E-state index is 5.75. The molecule has 0 bridgehead atoms. The van der Waals surface area contributed by atoms with Gasteiger partial charge < -0.3 is 4.90 Å². The lowest BCUT2D eigenvalue weighted by atomic mass is 9.91. The van der Waals surface area contributed by atoms with Gasteiger partial charge in [0.25, 0.3) is 0 Å². The number of benzene rings is 1. The molecule has 23 heavy (non-hydrogen) atoms. The molecule has 1 N–H and O–H groups in total. The Hall–Kier alpha value is -1.22. The van der Waals surface area contributed by atoms with E-state index >= 15 is 0 Å². The lowest BCUT2D eigenvalue weighted by Crippen LogP contribution is -2.34. The molecule has 0 radical (unpaired) electrons. The number of rotatable bonds is 9. The Morgan fingerprint density at radius 3 is 2.65 bits per heavy atom. The van der Waals surface area contributed by atoms with Crippen LogP contribution in [0.4, 0.5) is 11.4 Å². The average molecular weight is 316 g/mol. The van der Waals surface area contributed by atoms with Gasteiger partial charge in [0, 0.05) is 24.3 Å². The minimum absolute atomic E-state index is 0.812. The second kappa shape index (κ2) is 8.58. The summed E-state index contributed by atoms with van der Waals surface area (Å²) in [5, 5.41) is 0. The Kier molecular flexibility index (Phi) is 6.21. The van der Waals surface area contributed by atoms with Gasteiger partial charge in [-0.05, 0) is 43.7 Å². The zero-order chi connectivity index (χ0) is 15.9. The van der Waals surface area contributed by atoms with Gasteiger partial charge in [-0.3, -0.25) is 10.3 Å². The van der Waals surface area contributed by atoms with E-state index in [1.807, 2.05) is 0 Å². The summed E-state index contributed by atoms with van der Waals surface area (Å²) in [6, 6.07) is 4.52. The fourth-order valence-corrected chi connectivity index (χ4v) is 3.96. The van der Waals surface area contributed by atoms with E-state index in [1.165, 1.54) is 93.4 Å². The summed E-state index contributed by atoms with van der Waals surface area (Å²) in [6.07, 6.45) is 12.8. The molecule has 1 aromatic carbocycles. The highest BCUT2D eigenvalue weighted by atomic mass is 16.6. The van der Waals surface area contributed by atoms with Crippen molar-refractivity contribution in [1.29, 1.82) is 0 Å². The Morgan fingerprint density at radius 2 is 1.78 bits per heavy atom. The molecule has 2 heterocycles. The van der Waals surface area contributed by atoms with Crippen LogP contribution in [0.25, 0.3) is 0 Å². The first-order valence-electron chi connectivity index (χ1n) is 9.67. The average Bonchev–Trinajstić information content (AvgIpc) is 2.59. The quantitative estimate of drug-likeness (QED) is 0.507. The van der Waals surface area contributed by atoms with Crippen molar-refractivity contribution in [3.63, 3.8) is 0 Å². The summed E-state index contributed by atoms with van der Waals surface area (Å²) in [6.45, 7) is 5.52. The van der Waals surface area contributed by atoms with Crippen LogP contribution in [0.15, 0.2) is 12.1 Å². The molecule has 0 unspecified atom stereocenters. The number of nitrogens with zero attached hydrogens (tertiary/aromatic N) is 1. The molecule has 2 aliphatic rings. The van der Waals surface area contributed by atoms with Gasteiger partial charge >= 0.3 is 0 Å². The van der Waals surface area contributed by atoms with E-state index in [9.17, 15) is 0 Å². The van der Waals surface area contributed by atoms with Crippen LogP contribution < -0.4 is 10.4 Å². The summed E-state index contributed by atoms with van der Waals surface area (Å²) in [4.78, 5) is 8.33. The smallest absolute Gasteiger partial charge is 0.0746 e. The highest BCUT2D eigenvalue weighted by molar-refractivity contribution is 5.72. The third-order valence-corrected chi connectivity index (χ3v) is 5.19. The summed E-state index contributed by atoms with van der Waals surface area (Å²) in [7, 11) is 0. The van der Waals surface area contributed by atoms with E-state index in [-0.39, 0.29) is 0 Å². The normalized spacial score (nSPS) is 16.3. The topological polar surface area (TPSA) is 24.5 Å². The Bertz CT molecular complexity index is 499. The molecule has 3 nitrogen and oxygen atoms in total. The SMILES string of the molecule is CCCCCCCCONc1ccc2c3c1CCCN3CCC2. The lowest BCUT2D eigenvalue weighted by molar-refractivity contribution is 0.187. The van der Waals surface area contributed by atoms with Gasteiger partial charge in [-0.15, -0.1) is 0 Å². The number of anilines is 2. The van der Waals surface area contributed by atoms with Crippen LogP contribution in [0.2, 0.25) is 0 Å². The third kappa shape index (κ3) is 4.20. The van der Waals surface area contributed by atoms with Crippen LogP contribution in [-0.4, -0.2) is 19.7 Å². The third-order valence-electron chi connectivity index (χ3n) is 5.19. The predicted molar refractivity (Wildman–Crippen MR) is 98.2 cm³/mol. The van der Waals surface area contributed by atoms with Crippen LogP contribution in [0.1, 0.15) is 69.4 Å². The van der Waals surface area contributed by atoms with Crippen molar-refractivity contribution >= 4 is 11.4 Å². The molecular weight excluding hydrogens is 284 g/mol. The van der Waals surface area contributed by atoms with E-state index in [1.54, 1.807) is 0 Å². The molecule has 2 aliphatic heterocycles. The van der Waals surface area contributed by atoms with Crippen molar-refractivity contribution in [2.75, 3.05) is 30.1 Å². The Morgan fingerprint density at radius 1 is 1.00 bits per heavy atom. The second-order valence-corrected chi connectivity index (χ2v) is 7.01. The van der Waals surface area contributed by atoms with E-state index in [4.69, 9.17) is 4.84 Å². The Labute approximate surface area is 141 Å². The largest absolute Gasteiger partial charge is 0.371 e. The molecule has 0 saturated heterocycles. The standard InChI is InChI=1S/C20H32N2O/c1-2-3-4-5-6-7-16-23-21-19-13-12-17-10-8-14-22-15-9-11-18(19)20(17)22/h12-13,21H,2-11,14-16H2,1H3. The predicted octanol–water partition coefficient (Wildman–Crippen LogP) is 5.09. The van der Waals surface area contributed by atoms with Gasteiger partial charge in [-0.2, -0.15) is 0 Å². The first-order chi connectivity index (χ1) is 11.4. The van der Waals surface area contributed by atoms with E-state index < -0.39 is 0 Å². The maximum Gasteiger partial charge on any atom is 0.0746 e. The van der Waals surface area contributed by atoms with Crippen molar-refractivity contribution in [3.8, 4) is 0 Å². The summed E-state index contributed by atoms with van der Waals surface area (Å²) in [5.74, 6) is 0. The summed E-state index contributed by atoms with van der Waals surface area (Å²) < 4.78 is 0. The highest BCUT2D eigenvalue weighted by Crippen LogP contribution is 2.39. The Balaban J connectivity index is 1.48. The molecule has 0 spiro atoms. The number of hydrogen-bond donors (Lipinski definition) is 1.